The van der Waals surface area contributed by atoms with Crippen molar-refractivity contribution < 1.29 is 13.6 Å². The minimum absolute atomic E-state index is 0.199. The molecule has 2 N–H and O–H groups in total. The van der Waals surface area contributed by atoms with Gasteiger partial charge in [0.15, 0.2) is 5.76 Å². The summed E-state index contributed by atoms with van der Waals surface area (Å²) in [5.41, 5.74) is 0.368. The number of halogens is 1. The normalized spacial score (nSPS) is 26.2. The van der Waals surface area contributed by atoms with Crippen molar-refractivity contribution >= 4 is 5.91 Å². The van der Waals surface area contributed by atoms with Crippen LogP contribution in [0.3, 0.4) is 0 Å². The number of hydrogen-bond donors (Lipinski definition) is 2. The monoisotopic (exact) mass is 314 g/mol. The molecular weight excluding hydrogens is 295 g/mol. The highest BCUT2D eigenvalue weighted by Gasteiger charge is 2.40. The van der Waals surface area contributed by atoms with Crippen LogP contribution < -0.4 is 10.6 Å². The zero-order chi connectivity index (χ0) is 15.8. The third-order valence-electron chi connectivity index (χ3n) is 4.99. The van der Waals surface area contributed by atoms with Crippen molar-refractivity contribution in [3.8, 4) is 11.3 Å². The van der Waals surface area contributed by atoms with E-state index < -0.39 is 0 Å². The molecule has 1 aromatic heterocycles. The summed E-state index contributed by atoms with van der Waals surface area (Å²) in [6, 6.07) is 10.4. The van der Waals surface area contributed by atoms with Crippen molar-refractivity contribution in [3.05, 3.63) is 48.0 Å². The van der Waals surface area contributed by atoms with Gasteiger partial charge in [0.05, 0.1) is 5.56 Å². The van der Waals surface area contributed by atoms with Crippen molar-refractivity contribution in [2.75, 3.05) is 6.54 Å². The lowest BCUT2D eigenvalue weighted by atomic mass is 9.71. The molecule has 23 heavy (non-hydrogen) atoms. The summed E-state index contributed by atoms with van der Waals surface area (Å²) in [6.45, 7) is 0.935. The maximum atomic E-state index is 13.8. The number of hydrogen-bond acceptors (Lipinski definition) is 3. The van der Waals surface area contributed by atoms with Crippen molar-refractivity contribution in [1.82, 2.24) is 10.6 Å². The Bertz CT molecular complexity index is 727. The second-order valence-corrected chi connectivity index (χ2v) is 6.31. The van der Waals surface area contributed by atoms with Crippen molar-refractivity contribution in [1.29, 1.82) is 0 Å². The van der Waals surface area contributed by atoms with E-state index in [0.717, 1.165) is 19.4 Å². The van der Waals surface area contributed by atoms with Crippen LogP contribution >= 0.6 is 0 Å². The summed E-state index contributed by atoms with van der Waals surface area (Å²) < 4.78 is 19.4. The SMILES string of the molecule is O=C(N[C@@H]1CCNC2CCC21)c1ccc(-c2ccccc2F)o1. The maximum absolute atomic E-state index is 13.8. The van der Waals surface area contributed by atoms with Crippen LogP contribution in [0, 0.1) is 11.7 Å². The fourth-order valence-corrected chi connectivity index (χ4v) is 3.58. The molecule has 3 atom stereocenters. The van der Waals surface area contributed by atoms with Gasteiger partial charge < -0.3 is 15.1 Å². The molecule has 2 aliphatic rings. The number of nitrogens with one attached hydrogen (secondary N) is 2. The van der Waals surface area contributed by atoms with Gasteiger partial charge in [-0.3, -0.25) is 4.79 Å². The smallest absolute Gasteiger partial charge is 0.287 e. The first-order valence-corrected chi connectivity index (χ1v) is 8.11. The van der Waals surface area contributed by atoms with Crippen molar-refractivity contribution in [2.24, 2.45) is 5.92 Å². The Balaban J connectivity index is 1.48. The third-order valence-corrected chi connectivity index (χ3v) is 4.99. The van der Waals surface area contributed by atoms with Crippen LogP contribution in [-0.2, 0) is 0 Å². The van der Waals surface area contributed by atoms with Crippen LogP contribution in [0.2, 0.25) is 0 Å². The number of furan rings is 1. The summed E-state index contributed by atoms with van der Waals surface area (Å²) in [7, 11) is 0. The van der Waals surface area contributed by atoms with E-state index in [0.29, 0.717) is 23.3 Å². The van der Waals surface area contributed by atoms with Crippen LogP contribution in [0.5, 0.6) is 0 Å². The number of piperidine rings is 1. The fourth-order valence-electron chi connectivity index (χ4n) is 3.58. The largest absolute Gasteiger partial charge is 0.451 e. The Morgan fingerprint density at radius 3 is 2.83 bits per heavy atom. The Hall–Kier alpha value is -2.14. The molecule has 1 saturated heterocycles. The second kappa shape index (κ2) is 5.81. The number of amides is 1. The lowest BCUT2D eigenvalue weighted by Gasteiger charge is -2.46. The Kier molecular flexibility index (Phi) is 3.65. The zero-order valence-corrected chi connectivity index (χ0v) is 12.7. The van der Waals surface area contributed by atoms with E-state index >= 15 is 0 Å². The summed E-state index contributed by atoms with van der Waals surface area (Å²) >= 11 is 0. The lowest BCUT2D eigenvalue weighted by Crippen LogP contribution is -2.59. The molecule has 1 aliphatic heterocycles. The summed E-state index contributed by atoms with van der Waals surface area (Å²) in [5.74, 6) is 0.557. The van der Waals surface area contributed by atoms with E-state index in [2.05, 4.69) is 10.6 Å². The molecule has 1 saturated carbocycles. The fraction of sp³-hybridized carbons (Fsp3) is 0.389. The quantitative estimate of drug-likeness (QED) is 0.916. The first-order valence-electron chi connectivity index (χ1n) is 8.11. The van der Waals surface area contributed by atoms with Gasteiger partial charge in [0.25, 0.3) is 5.91 Å². The first-order chi connectivity index (χ1) is 11.2. The minimum Gasteiger partial charge on any atom is -0.451 e. The lowest BCUT2D eigenvalue weighted by molar-refractivity contribution is 0.0774. The maximum Gasteiger partial charge on any atom is 0.287 e. The van der Waals surface area contributed by atoms with Crippen LogP contribution in [0.25, 0.3) is 11.3 Å². The number of benzene rings is 1. The van der Waals surface area contributed by atoms with Crippen LogP contribution in [0.15, 0.2) is 40.8 Å². The van der Waals surface area contributed by atoms with Gasteiger partial charge in [-0.15, -0.1) is 0 Å². The topological polar surface area (TPSA) is 54.3 Å². The van der Waals surface area contributed by atoms with Crippen LogP contribution in [-0.4, -0.2) is 24.5 Å². The molecule has 120 valence electrons. The standard InChI is InChI=1S/C18H19FN2O2/c19-13-4-2-1-3-11(13)16-7-8-17(23-16)18(22)21-15-9-10-20-14-6-5-12(14)15/h1-4,7-8,12,14-15,20H,5-6,9-10H2,(H,21,22)/t12?,14?,15-/m1/s1. The summed E-state index contributed by atoms with van der Waals surface area (Å²) in [4.78, 5) is 12.4. The predicted molar refractivity (Wildman–Crippen MR) is 84.5 cm³/mol. The first kappa shape index (κ1) is 14.5. The van der Waals surface area contributed by atoms with Gasteiger partial charge in [0, 0.05) is 12.1 Å². The molecule has 0 spiro atoms. The van der Waals surface area contributed by atoms with Gasteiger partial charge in [0.2, 0.25) is 0 Å². The molecule has 1 aliphatic carbocycles. The number of carbonyl (C=O) groups excluding carboxylic acids is 1. The predicted octanol–water partition coefficient (Wildman–Crippen LogP) is 2.96. The molecule has 2 heterocycles. The average molecular weight is 314 g/mol. The number of fused-ring (bicyclic) bond motifs is 1. The molecule has 2 aromatic rings. The van der Waals surface area contributed by atoms with Gasteiger partial charge in [-0.1, -0.05) is 12.1 Å². The highest BCUT2D eigenvalue weighted by Crippen LogP contribution is 2.34. The van der Waals surface area contributed by atoms with Gasteiger partial charge in [-0.2, -0.15) is 0 Å². The summed E-state index contributed by atoms with van der Waals surface area (Å²) in [6.07, 6.45) is 3.28. The van der Waals surface area contributed by atoms with E-state index in [4.69, 9.17) is 4.42 Å². The van der Waals surface area contributed by atoms with Gasteiger partial charge in [-0.05, 0) is 56.0 Å². The Labute approximate surface area is 134 Å². The second-order valence-electron chi connectivity index (χ2n) is 6.31. The van der Waals surface area contributed by atoms with Gasteiger partial charge in [-0.25, -0.2) is 4.39 Å². The van der Waals surface area contributed by atoms with E-state index in [9.17, 15) is 9.18 Å². The van der Waals surface area contributed by atoms with Crippen molar-refractivity contribution in [3.63, 3.8) is 0 Å². The van der Waals surface area contributed by atoms with E-state index in [-0.39, 0.29) is 23.5 Å². The van der Waals surface area contributed by atoms with Gasteiger partial charge in [0.1, 0.15) is 11.6 Å². The van der Waals surface area contributed by atoms with E-state index in [1.807, 2.05) is 0 Å². The zero-order valence-electron chi connectivity index (χ0n) is 12.7. The van der Waals surface area contributed by atoms with Crippen LogP contribution in [0.1, 0.15) is 29.8 Å². The molecule has 4 rings (SSSR count). The summed E-state index contributed by atoms with van der Waals surface area (Å²) in [5, 5.41) is 6.56. The Morgan fingerprint density at radius 1 is 1.17 bits per heavy atom. The molecule has 0 radical (unpaired) electrons. The molecule has 2 fully saturated rings. The third kappa shape index (κ3) is 2.65. The molecular formula is C18H19FN2O2. The average Bonchev–Trinajstić information content (AvgIpc) is 2.99. The molecule has 5 heteroatoms. The molecule has 2 unspecified atom stereocenters. The molecule has 1 amide bonds. The number of carbonyl (C=O) groups is 1. The molecule has 4 nitrogen and oxygen atoms in total. The van der Waals surface area contributed by atoms with E-state index in [1.54, 1.807) is 30.3 Å². The molecule has 0 bridgehead atoms. The van der Waals surface area contributed by atoms with Crippen molar-refractivity contribution in [2.45, 2.75) is 31.3 Å². The highest BCUT2D eigenvalue weighted by atomic mass is 19.1. The van der Waals surface area contributed by atoms with Gasteiger partial charge >= 0.3 is 0 Å². The van der Waals surface area contributed by atoms with E-state index in [1.165, 1.54) is 12.5 Å². The highest BCUT2D eigenvalue weighted by molar-refractivity contribution is 5.92. The minimum atomic E-state index is -0.357. The Morgan fingerprint density at radius 2 is 2.04 bits per heavy atom. The number of rotatable bonds is 3. The molecule has 1 aromatic carbocycles. The van der Waals surface area contributed by atoms with Crippen LogP contribution in [0.4, 0.5) is 4.39 Å².